The Hall–Kier alpha value is -3.01. The van der Waals surface area contributed by atoms with Gasteiger partial charge in [0.15, 0.2) is 0 Å². The minimum absolute atomic E-state index is 0.0590. The fourth-order valence-electron chi connectivity index (χ4n) is 2.11. The highest BCUT2D eigenvalue weighted by atomic mass is 16.6. The topological polar surface area (TPSA) is 142 Å². The molecular weight excluding hydrogens is 322 g/mol. The van der Waals surface area contributed by atoms with Gasteiger partial charge in [0.25, 0.3) is 5.69 Å². The molecule has 2 N–H and O–H groups in total. The van der Waals surface area contributed by atoms with Crippen LogP contribution >= 0.6 is 0 Å². The van der Waals surface area contributed by atoms with Crippen molar-refractivity contribution in [3.05, 3.63) is 33.9 Å². The normalized spacial score (nSPS) is 14.0. The largest absolute Gasteiger partial charge is 0.492 e. The minimum atomic E-state index is -1.15. The van der Waals surface area contributed by atoms with Crippen molar-refractivity contribution in [3.63, 3.8) is 0 Å². The number of hydrogen-bond acceptors (Lipinski definition) is 8. The van der Waals surface area contributed by atoms with Crippen LogP contribution in [0.2, 0.25) is 0 Å². The lowest BCUT2D eigenvalue weighted by atomic mass is 10.2. The molecule has 10 nitrogen and oxygen atoms in total. The molecule has 1 saturated heterocycles. The predicted molar refractivity (Wildman–Crippen MR) is 78.9 cm³/mol. The van der Waals surface area contributed by atoms with Crippen molar-refractivity contribution < 1.29 is 28.8 Å². The SMILES string of the molecule is NCCOc1ccc([N+](=O)[O-])c(COC(=O)N2C(=O)CCC2=O)c1. The van der Waals surface area contributed by atoms with Gasteiger partial charge in [0.1, 0.15) is 19.0 Å². The van der Waals surface area contributed by atoms with Gasteiger partial charge in [-0.3, -0.25) is 19.7 Å². The van der Waals surface area contributed by atoms with Gasteiger partial charge < -0.3 is 15.2 Å². The number of ether oxygens (including phenoxy) is 2. The van der Waals surface area contributed by atoms with Gasteiger partial charge in [0, 0.05) is 25.5 Å². The van der Waals surface area contributed by atoms with E-state index in [-0.39, 0.29) is 37.2 Å². The molecule has 0 aliphatic carbocycles. The summed E-state index contributed by atoms with van der Waals surface area (Å²) in [6.45, 7) is 0.000339. The quantitative estimate of drug-likeness (QED) is 0.454. The minimum Gasteiger partial charge on any atom is -0.492 e. The van der Waals surface area contributed by atoms with Crippen molar-refractivity contribution in [3.8, 4) is 5.75 Å². The zero-order valence-electron chi connectivity index (χ0n) is 12.6. The van der Waals surface area contributed by atoms with Crippen molar-refractivity contribution in [2.24, 2.45) is 5.73 Å². The number of nitrogens with two attached hydrogens (primary N) is 1. The number of amides is 3. The van der Waals surface area contributed by atoms with E-state index < -0.39 is 29.4 Å². The molecule has 0 atom stereocenters. The van der Waals surface area contributed by atoms with Crippen LogP contribution in [0.1, 0.15) is 18.4 Å². The number of likely N-dealkylation sites (tertiary alicyclic amines) is 1. The third kappa shape index (κ3) is 3.84. The first-order chi connectivity index (χ1) is 11.4. The first-order valence-electron chi connectivity index (χ1n) is 7.06. The Kier molecular flexibility index (Phi) is 5.42. The third-order valence-electron chi connectivity index (χ3n) is 3.22. The molecule has 1 aliphatic rings. The fourth-order valence-corrected chi connectivity index (χ4v) is 2.11. The molecule has 1 aromatic carbocycles. The van der Waals surface area contributed by atoms with Gasteiger partial charge in [-0.2, -0.15) is 4.90 Å². The van der Waals surface area contributed by atoms with Gasteiger partial charge >= 0.3 is 6.09 Å². The number of nitro benzene ring substituents is 1. The molecule has 0 spiro atoms. The molecule has 0 aromatic heterocycles. The van der Waals surface area contributed by atoms with E-state index in [1.54, 1.807) is 0 Å². The van der Waals surface area contributed by atoms with E-state index in [4.69, 9.17) is 15.2 Å². The average Bonchev–Trinajstić information content (AvgIpc) is 2.89. The molecule has 0 unspecified atom stereocenters. The standard InChI is InChI=1S/C14H15N3O7/c15-5-6-23-10-1-2-11(17(21)22)9(7-10)8-24-14(20)16-12(18)3-4-13(16)19/h1-2,7H,3-6,8,15H2. The van der Waals surface area contributed by atoms with E-state index >= 15 is 0 Å². The van der Waals surface area contributed by atoms with E-state index in [1.165, 1.54) is 18.2 Å². The molecule has 1 aromatic rings. The second-order valence-corrected chi connectivity index (χ2v) is 4.86. The van der Waals surface area contributed by atoms with E-state index in [2.05, 4.69) is 0 Å². The zero-order chi connectivity index (χ0) is 17.7. The highest BCUT2D eigenvalue weighted by Gasteiger charge is 2.36. The lowest BCUT2D eigenvalue weighted by molar-refractivity contribution is -0.385. The number of rotatable bonds is 6. The molecule has 24 heavy (non-hydrogen) atoms. The second-order valence-electron chi connectivity index (χ2n) is 4.86. The Labute approximate surface area is 136 Å². The Bertz CT molecular complexity index is 673. The number of nitrogens with zero attached hydrogens (tertiary/aromatic N) is 2. The number of imide groups is 3. The van der Waals surface area contributed by atoms with Crippen molar-refractivity contribution in [1.82, 2.24) is 4.90 Å². The lowest BCUT2D eigenvalue weighted by Gasteiger charge is -2.13. The Morgan fingerprint density at radius 2 is 1.96 bits per heavy atom. The van der Waals surface area contributed by atoms with Crippen LogP contribution in [0.15, 0.2) is 18.2 Å². The third-order valence-corrected chi connectivity index (χ3v) is 3.22. The van der Waals surface area contributed by atoms with Gasteiger partial charge in [-0.15, -0.1) is 0 Å². The molecular formula is C14H15N3O7. The number of carbonyl (C=O) groups excluding carboxylic acids is 3. The summed E-state index contributed by atoms with van der Waals surface area (Å²) in [5.74, 6) is -0.982. The predicted octanol–water partition coefficient (Wildman–Crippen LogP) is 0.718. The maximum atomic E-state index is 11.8. The number of carbonyl (C=O) groups is 3. The highest BCUT2D eigenvalue weighted by Crippen LogP contribution is 2.25. The van der Waals surface area contributed by atoms with Crippen LogP contribution in [0.4, 0.5) is 10.5 Å². The van der Waals surface area contributed by atoms with Crippen molar-refractivity contribution >= 4 is 23.6 Å². The summed E-state index contributed by atoms with van der Waals surface area (Å²) < 4.78 is 10.1. The van der Waals surface area contributed by atoms with Gasteiger partial charge in [0.2, 0.25) is 11.8 Å². The lowest BCUT2D eigenvalue weighted by Crippen LogP contribution is -2.35. The first-order valence-corrected chi connectivity index (χ1v) is 7.06. The van der Waals surface area contributed by atoms with Crippen LogP contribution < -0.4 is 10.5 Å². The van der Waals surface area contributed by atoms with E-state index in [9.17, 15) is 24.5 Å². The fraction of sp³-hybridized carbons (Fsp3) is 0.357. The molecule has 0 radical (unpaired) electrons. The Morgan fingerprint density at radius 3 is 2.54 bits per heavy atom. The van der Waals surface area contributed by atoms with Crippen LogP contribution in [-0.4, -0.2) is 40.9 Å². The maximum absolute atomic E-state index is 11.8. The molecule has 0 bridgehead atoms. The van der Waals surface area contributed by atoms with Crippen LogP contribution in [0, 0.1) is 10.1 Å². The Balaban J connectivity index is 2.12. The highest BCUT2D eigenvalue weighted by molar-refractivity contribution is 6.13. The summed E-state index contributed by atoms with van der Waals surface area (Å²) >= 11 is 0. The van der Waals surface area contributed by atoms with Crippen molar-refractivity contribution in [2.45, 2.75) is 19.4 Å². The molecule has 2 rings (SSSR count). The smallest absolute Gasteiger partial charge is 0.423 e. The number of benzene rings is 1. The molecule has 1 fully saturated rings. The van der Waals surface area contributed by atoms with Crippen LogP contribution in [0.5, 0.6) is 5.75 Å². The summed E-state index contributed by atoms with van der Waals surface area (Å²) in [5.41, 5.74) is 5.11. The summed E-state index contributed by atoms with van der Waals surface area (Å²) in [6.07, 6.45) is -1.27. The van der Waals surface area contributed by atoms with Gasteiger partial charge in [-0.25, -0.2) is 4.79 Å². The monoisotopic (exact) mass is 337 g/mol. The summed E-state index contributed by atoms with van der Waals surface area (Å²) in [4.78, 5) is 45.5. The van der Waals surface area contributed by atoms with E-state index in [1.807, 2.05) is 0 Å². The summed E-state index contributed by atoms with van der Waals surface area (Å²) in [6, 6.07) is 3.95. The number of hydrogen-bond donors (Lipinski definition) is 1. The molecule has 128 valence electrons. The second kappa shape index (κ2) is 7.51. The number of nitro groups is 1. The summed E-state index contributed by atoms with van der Waals surface area (Å²) in [5, 5.41) is 11.0. The van der Waals surface area contributed by atoms with Crippen LogP contribution in [-0.2, 0) is 20.9 Å². The van der Waals surface area contributed by atoms with Gasteiger partial charge in [0.05, 0.1) is 10.5 Å². The zero-order valence-corrected chi connectivity index (χ0v) is 12.6. The first kappa shape index (κ1) is 17.3. The van der Waals surface area contributed by atoms with Crippen LogP contribution in [0.25, 0.3) is 0 Å². The van der Waals surface area contributed by atoms with E-state index in [0.717, 1.165) is 0 Å². The maximum Gasteiger partial charge on any atom is 0.423 e. The van der Waals surface area contributed by atoms with Gasteiger partial charge in [-0.05, 0) is 12.1 Å². The Morgan fingerprint density at radius 1 is 1.29 bits per heavy atom. The molecule has 0 saturated carbocycles. The molecule has 10 heteroatoms. The molecule has 1 aliphatic heterocycles. The van der Waals surface area contributed by atoms with Crippen molar-refractivity contribution in [2.75, 3.05) is 13.2 Å². The average molecular weight is 337 g/mol. The summed E-state index contributed by atoms with van der Waals surface area (Å²) in [7, 11) is 0. The van der Waals surface area contributed by atoms with Crippen molar-refractivity contribution in [1.29, 1.82) is 0 Å². The molecule has 1 heterocycles. The van der Waals surface area contributed by atoms with E-state index in [0.29, 0.717) is 10.6 Å². The van der Waals surface area contributed by atoms with Crippen LogP contribution in [0.3, 0.4) is 0 Å². The van der Waals surface area contributed by atoms with Gasteiger partial charge in [-0.1, -0.05) is 0 Å². The molecule has 3 amide bonds.